The van der Waals surface area contributed by atoms with Gasteiger partial charge in [-0.2, -0.15) is 0 Å². The van der Waals surface area contributed by atoms with Gasteiger partial charge in [0.05, 0.1) is 33.6 Å². The lowest BCUT2D eigenvalue weighted by Gasteiger charge is -2.20. The van der Waals surface area contributed by atoms with Crippen molar-refractivity contribution in [2.75, 3.05) is 0 Å². The second kappa shape index (κ2) is 17.7. The Labute approximate surface area is 339 Å². The molecular weight excluding hydrogens is 773 g/mol. The van der Waals surface area contributed by atoms with Crippen LogP contribution < -0.4 is 0 Å². The zero-order chi connectivity index (χ0) is 40.9. The highest BCUT2D eigenvalue weighted by Gasteiger charge is 2.24. The monoisotopic (exact) mass is 820 g/mol. The summed E-state index contributed by atoms with van der Waals surface area (Å²) in [5.74, 6) is 0.746. The molecule has 58 heavy (non-hydrogen) atoms. The smallest absolute Gasteiger partial charge is 0.269 e. The third-order valence-corrected chi connectivity index (χ3v) is 14.4. The summed E-state index contributed by atoms with van der Waals surface area (Å²) < 4.78 is 54.1. The molecule has 0 bridgehead atoms. The van der Waals surface area contributed by atoms with Crippen LogP contribution in [0.3, 0.4) is 0 Å². The quantitative estimate of drug-likeness (QED) is 0.116. The molecule has 14 heteroatoms. The number of hydrogen-bond donors (Lipinski definition) is 0. The minimum absolute atomic E-state index is 0.109. The number of carbonyl (C=O) groups excluding carboxylic acids is 2. The molecule has 2 aliphatic carbocycles. The largest absolute Gasteiger partial charge is 0.299 e. The topological polar surface area (TPSA) is 164 Å². The van der Waals surface area contributed by atoms with Gasteiger partial charge < -0.3 is 0 Å². The zero-order valence-corrected chi connectivity index (χ0v) is 34.5. The lowest BCUT2D eigenvalue weighted by Crippen LogP contribution is -2.18. The zero-order valence-electron chi connectivity index (χ0n) is 32.8. The molecule has 2 saturated carbocycles. The molecule has 12 nitrogen and oxygen atoms in total. The van der Waals surface area contributed by atoms with E-state index in [0.717, 1.165) is 70.4 Å². The maximum absolute atomic E-state index is 12.9. The second-order valence-electron chi connectivity index (χ2n) is 15.3. The van der Waals surface area contributed by atoms with E-state index in [-0.39, 0.29) is 33.1 Å². The molecular formula is C44H48N6O6S2. The highest BCUT2D eigenvalue weighted by Crippen LogP contribution is 2.27. The number of aromatic nitrogens is 6. The maximum Gasteiger partial charge on any atom is 0.269 e. The summed E-state index contributed by atoms with van der Waals surface area (Å²) in [6.45, 7) is 3.81. The lowest BCUT2D eigenvalue weighted by atomic mass is 9.85. The van der Waals surface area contributed by atoms with Crippen molar-refractivity contribution >= 4 is 60.0 Å². The van der Waals surface area contributed by atoms with Crippen LogP contribution in [0.15, 0.2) is 101 Å². The number of ketones is 2. The van der Waals surface area contributed by atoms with Crippen molar-refractivity contribution in [1.82, 2.24) is 27.9 Å². The Hall–Kier alpha value is -5.34. The molecule has 0 amide bonds. The van der Waals surface area contributed by atoms with E-state index in [9.17, 15) is 26.4 Å². The summed E-state index contributed by atoms with van der Waals surface area (Å²) in [4.78, 5) is 42.8. The van der Waals surface area contributed by atoms with E-state index in [1.54, 1.807) is 79.0 Å². The number of carbonyl (C=O) groups is 2. The molecule has 6 aromatic rings. The summed E-state index contributed by atoms with van der Waals surface area (Å²) in [5, 5.41) is 0. The molecule has 0 aliphatic heterocycles. The minimum atomic E-state index is -3.75. The third-order valence-electron chi connectivity index (χ3n) is 11.0. The fourth-order valence-corrected chi connectivity index (χ4v) is 10.2. The Kier molecular flexibility index (Phi) is 12.4. The van der Waals surface area contributed by atoms with Crippen LogP contribution in [0, 0.1) is 25.7 Å². The van der Waals surface area contributed by atoms with E-state index in [1.165, 1.54) is 31.4 Å². The number of allylic oxidation sites excluding steroid dienone is 1. The van der Waals surface area contributed by atoms with Crippen molar-refractivity contribution in [1.29, 1.82) is 0 Å². The summed E-state index contributed by atoms with van der Waals surface area (Å²) in [6, 6.07) is 16.7. The first-order chi connectivity index (χ1) is 27.9. The van der Waals surface area contributed by atoms with E-state index in [0.29, 0.717) is 46.7 Å². The maximum atomic E-state index is 12.9. The fourth-order valence-electron chi connectivity index (χ4n) is 7.63. The van der Waals surface area contributed by atoms with Gasteiger partial charge in [0.2, 0.25) is 0 Å². The van der Waals surface area contributed by atoms with Gasteiger partial charge in [0, 0.05) is 30.7 Å². The predicted molar refractivity (Wildman–Crippen MR) is 223 cm³/mol. The number of hydrogen-bond acceptors (Lipinski definition) is 10. The van der Waals surface area contributed by atoms with Crippen LogP contribution in [-0.2, 0) is 36.1 Å². The molecule has 0 unspecified atom stereocenters. The minimum Gasteiger partial charge on any atom is -0.299 e. The Morgan fingerprint density at radius 3 is 1.66 bits per heavy atom. The molecule has 2 fully saturated rings. The predicted octanol–water partition coefficient (Wildman–Crippen LogP) is 8.20. The second-order valence-corrected chi connectivity index (χ2v) is 18.9. The first-order valence-electron chi connectivity index (χ1n) is 20.0. The van der Waals surface area contributed by atoms with Gasteiger partial charge in [0.25, 0.3) is 20.0 Å². The van der Waals surface area contributed by atoms with Crippen LogP contribution in [0.25, 0.3) is 28.4 Å². The molecule has 0 spiro atoms. The van der Waals surface area contributed by atoms with Gasteiger partial charge in [0.1, 0.15) is 16.8 Å². The molecule has 0 radical (unpaired) electrons. The van der Waals surface area contributed by atoms with Gasteiger partial charge in [-0.15, -0.1) is 0 Å². The SMILES string of the molecule is Cc1ccc(S(=O)(=O)n2ccc3nc(/C=C/C(=O)C4CCCCC4)cnc32)cc1.Cc1ccc(S(=O)(=O)n2ccc3nc(CCC(=O)C4CCCCC4)cnc32)cc1. The van der Waals surface area contributed by atoms with Crippen molar-refractivity contribution in [3.05, 3.63) is 114 Å². The van der Waals surface area contributed by atoms with Crippen molar-refractivity contribution < 1.29 is 26.4 Å². The van der Waals surface area contributed by atoms with Crippen molar-refractivity contribution in [3.63, 3.8) is 0 Å². The van der Waals surface area contributed by atoms with Crippen LogP contribution in [0.5, 0.6) is 0 Å². The van der Waals surface area contributed by atoms with Gasteiger partial charge in [0.15, 0.2) is 17.1 Å². The number of nitrogens with zero attached hydrogens (tertiary/aromatic N) is 6. The standard InChI is InChI=1S/C22H25N3O3S.C22H23N3O3S/c2*1-16-7-10-19(11-8-16)29(27,28)25-14-13-20-22(25)23-15-18(24-20)9-12-21(26)17-5-3-2-4-6-17/h7-8,10-11,13-15,17H,2-6,9,12H2,1H3;7-15,17H,2-6H2,1H3/b;12-9+. The van der Waals surface area contributed by atoms with E-state index in [2.05, 4.69) is 19.9 Å². The lowest BCUT2D eigenvalue weighted by molar-refractivity contribution is -0.123. The molecule has 0 atom stereocenters. The van der Waals surface area contributed by atoms with E-state index in [1.807, 2.05) is 13.8 Å². The average molecular weight is 821 g/mol. The molecule has 302 valence electrons. The van der Waals surface area contributed by atoms with Gasteiger partial charge in [-0.3, -0.25) is 9.59 Å². The van der Waals surface area contributed by atoms with Crippen LogP contribution in [0.2, 0.25) is 0 Å². The highest BCUT2D eigenvalue weighted by molar-refractivity contribution is 7.90. The van der Waals surface area contributed by atoms with Crippen LogP contribution in [0.1, 0.15) is 93.1 Å². The molecule has 0 N–H and O–H groups in total. The van der Waals surface area contributed by atoms with Crippen molar-refractivity contribution in [2.24, 2.45) is 11.8 Å². The Morgan fingerprint density at radius 2 is 1.12 bits per heavy atom. The number of fused-ring (bicyclic) bond motifs is 2. The van der Waals surface area contributed by atoms with Crippen LogP contribution in [0.4, 0.5) is 0 Å². The molecule has 4 heterocycles. The molecule has 2 aromatic carbocycles. The highest BCUT2D eigenvalue weighted by atomic mass is 32.2. The molecule has 0 saturated heterocycles. The van der Waals surface area contributed by atoms with Crippen LogP contribution in [-0.4, -0.2) is 56.3 Å². The van der Waals surface area contributed by atoms with Gasteiger partial charge in [-0.1, -0.05) is 73.9 Å². The third kappa shape index (κ3) is 9.18. The van der Waals surface area contributed by atoms with Crippen LogP contribution >= 0.6 is 0 Å². The molecule has 4 aromatic heterocycles. The Morgan fingerprint density at radius 1 is 0.638 bits per heavy atom. The van der Waals surface area contributed by atoms with Crippen molar-refractivity contribution in [3.8, 4) is 0 Å². The summed E-state index contributed by atoms with van der Waals surface area (Å²) >= 11 is 0. The Balaban J connectivity index is 0.000000177. The first-order valence-corrected chi connectivity index (χ1v) is 22.8. The fraction of sp³-hybridized carbons (Fsp3) is 0.364. The molecule has 2 aliphatic rings. The van der Waals surface area contributed by atoms with Gasteiger partial charge in [-0.25, -0.2) is 44.7 Å². The van der Waals surface area contributed by atoms with E-state index >= 15 is 0 Å². The number of rotatable bonds is 11. The van der Waals surface area contributed by atoms with E-state index in [4.69, 9.17) is 0 Å². The Bertz CT molecular complexity index is 2670. The number of aryl methyl sites for hydroxylation is 3. The number of Topliss-reactive ketones (excluding diaryl/α,β-unsaturated/α-hetero) is 1. The normalized spacial score (nSPS) is 15.8. The average Bonchev–Trinajstić information content (AvgIpc) is 3.88. The first kappa shape index (κ1) is 40.8. The summed E-state index contributed by atoms with van der Waals surface area (Å²) in [6.07, 6.45) is 21.1. The van der Waals surface area contributed by atoms with Gasteiger partial charge >= 0.3 is 0 Å². The number of benzene rings is 2. The van der Waals surface area contributed by atoms with Gasteiger partial charge in [-0.05, 0) is 94.5 Å². The summed E-state index contributed by atoms with van der Waals surface area (Å²) in [5.41, 5.74) is 4.78. The van der Waals surface area contributed by atoms with Crippen molar-refractivity contribution in [2.45, 2.75) is 101 Å². The molecule has 8 rings (SSSR count). The van der Waals surface area contributed by atoms with E-state index < -0.39 is 20.0 Å². The summed E-state index contributed by atoms with van der Waals surface area (Å²) in [7, 11) is -7.48.